The molecule has 0 heterocycles. The number of halogens is 2. The van der Waals surface area contributed by atoms with E-state index in [0.717, 1.165) is 0 Å². The van der Waals surface area contributed by atoms with Gasteiger partial charge in [0.1, 0.15) is 0 Å². The van der Waals surface area contributed by atoms with Crippen molar-refractivity contribution in [1.82, 2.24) is 0 Å². The number of hydrogen-bond donors (Lipinski definition) is 2. The van der Waals surface area contributed by atoms with E-state index in [2.05, 4.69) is 31.9 Å². The topological polar surface area (TPSA) is 83.8 Å². The summed E-state index contributed by atoms with van der Waals surface area (Å²) in [4.78, 5) is 25.9. The van der Waals surface area contributed by atoms with Gasteiger partial charge in [-0.1, -0.05) is 44.0 Å². The van der Waals surface area contributed by atoms with Gasteiger partial charge < -0.3 is 14.9 Å². The third-order valence-electron chi connectivity index (χ3n) is 5.42. The minimum Gasteiger partial charge on any atom is -0.453 e. The largest absolute Gasteiger partial charge is 0.453 e. The van der Waals surface area contributed by atoms with Crippen LogP contribution in [0, 0.1) is 5.41 Å². The molecule has 5 nitrogen and oxygen atoms in total. The van der Waals surface area contributed by atoms with Crippen molar-refractivity contribution < 1.29 is 24.5 Å². The smallest absolute Gasteiger partial charge is 0.311 e. The lowest BCUT2D eigenvalue weighted by atomic mass is 9.82. The quantitative estimate of drug-likeness (QED) is 0.565. The monoisotopic (exact) mass is 508 g/mol. The van der Waals surface area contributed by atoms with Gasteiger partial charge in [0, 0.05) is 31.2 Å². The molecule has 0 bridgehead atoms. The van der Waals surface area contributed by atoms with Gasteiger partial charge in [0.15, 0.2) is 17.3 Å². The first-order valence-corrected chi connectivity index (χ1v) is 10.3. The molecule has 0 spiro atoms. The summed E-state index contributed by atoms with van der Waals surface area (Å²) in [6, 6.07) is 9.74. The molecule has 2 aliphatic rings. The highest BCUT2D eigenvalue weighted by molar-refractivity contribution is 9.10. The van der Waals surface area contributed by atoms with Crippen LogP contribution in [-0.2, 0) is 20.7 Å². The van der Waals surface area contributed by atoms with E-state index in [4.69, 9.17) is 4.74 Å². The van der Waals surface area contributed by atoms with Crippen molar-refractivity contribution in [3.63, 3.8) is 0 Å². The number of Topliss-reactive ketones (excluding diaryl/α,β-unsaturated/α-hetero) is 1. The lowest BCUT2D eigenvalue weighted by Gasteiger charge is -2.36. The lowest BCUT2D eigenvalue weighted by Crippen LogP contribution is -2.49. The van der Waals surface area contributed by atoms with Crippen molar-refractivity contribution in [3.05, 3.63) is 67.6 Å². The van der Waals surface area contributed by atoms with Crippen LogP contribution < -0.4 is 0 Å². The number of rotatable bonds is 1. The second kappa shape index (κ2) is 5.98. The van der Waals surface area contributed by atoms with Gasteiger partial charge in [-0.2, -0.15) is 0 Å². The number of esters is 1. The first-order chi connectivity index (χ1) is 12.9. The summed E-state index contributed by atoms with van der Waals surface area (Å²) < 4.78 is 7.06. The Hall–Kier alpha value is -1.54. The van der Waals surface area contributed by atoms with Crippen LogP contribution in [0.2, 0.25) is 0 Å². The predicted molar refractivity (Wildman–Crippen MR) is 109 cm³/mol. The number of carbonyl (C=O) groups excluding carboxylic acids is 2. The molecule has 2 aliphatic carbocycles. The standard InChI is InChI=1S/C21H18Br2O5/c1-19(2,3)18(25)28-17-13-9-11(23)5-7-15(13)20(26)16(24)12-8-10(22)4-6-14(12)21(17,20)27/h4-9,17,26-27H,1-3H3/t17-,20-,21-/m1/s1. The number of aliphatic hydroxyl groups is 2. The van der Waals surface area contributed by atoms with Gasteiger partial charge in [0.05, 0.1) is 5.41 Å². The summed E-state index contributed by atoms with van der Waals surface area (Å²) in [5, 5.41) is 23.4. The molecule has 0 unspecified atom stereocenters. The normalized spacial score (nSPS) is 28.0. The summed E-state index contributed by atoms with van der Waals surface area (Å²) in [7, 11) is 0. The molecule has 0 amide bonds. The van der Waals surface area contributed by atoms with Crippen LogP contribution in [0.25, 0.3) is 0 Å². The summed E-state index contributed by atoms with van der Waals surface area (Å²) in [5.74, 6) is -1.16. The third kappa shape index (κ3) is 2.36. The minimum absolute atomic E-state index is 0.199. The number of ether oxygens (including phenoxy) is 1. The molecule has 146 valence electrons. The molecular weight excluding hydrogens is 492 g/mol. The van der Waals surface area contributed by atoms with Gasteiger partial charge in [0.2, 0.25) is 5.78 Å². The van der Waals surface area contributed by atoms with Crippen LogP contribution in [0.3, 0.4) is 0 Å². The summed E-state index contributed by atoms with van der Waals surface area (Å²) in [5.41, 5.74) is -4.11. The SMILES string of the molecule is CC(C)(C)C(=O)O[C@@H]1c2cc(Br)ccc2[C@@]2(O)C(=O)c3cc(Br)ccc3[C@@]12O. The van der Waals surface area contributed by atoms with E-state index in [1.807, 2.05) is 0 Å². The van der Waals surface area contributed by atoms with Gasteiger partial charge in [-0.15, -0.1) is 0 Å². The molecule has 0 saturated heterocycles. The fourth-order valence-electron chi connectivity index (χ4n) is 4.00. The molecule has 0 aliphatic heterocycles. The third-order valence-corrected chi connectivity index (χ3v) is 6.41. The maximum absolute atomic E-state index is 13.3. The maximum atomic E-state index is 13.3. The lowest BCUT2D eigenvalue weighted by molar-refractivity contribution is -0.201. The van der Waals surface area contributed by atoms with Crippen LogP contribution in [0.15, 0.2) is 45.3 Å². The number of carbonyl (C=O) groups is 2. The Bertz CT molecular complexity index is 1040. The molecule has 28 heavy (non-hydrogen) atoms. The Morgan fingerprint density at radius 3 is 2.21 bits per heavy atom. The summed E-state index contributed by atoms with van der Waals surface area (Å²) in [6.07, 6.45) is -1.23. The van der Waals surface area contributed by atoms with Crippen molar-refractivity contribution in [2.24, 2.45) is 5.41 Å². The van der Waals surface area contributed by atoms with Gasteiger partial charge in [-0.25, -0.2) is 0 Å². The molecule has 0 fully saturated rings. The van der Waals surface area contributed by atoms with Crippen LogP contribution in [0.4, 0.5) is 0 Å². The zero-order valence-corrected chi connectivity index (χ0v) is 18.6. The number of ketones is 1. The first kappa shape index (κ1) is 19.8. The second-order valence-electron chi connectivity index (χ2n) is 8.26. The van der Waals surface area contributed by atoms with E-state index < -0.39 is 34.5 Å². The number of hydrogen-bond acceptors (Lipinski definition) is 5. The Morgan fingerprint density at radius 1 is 1.04 bits per heavy atom. The van der Waals surface area contributed by atoms with Gasteiger partial charge in [-0.3, -0.25) is 9.59 Å². The van der Waals surface area contributed by atoms with Gasteiger partial charge in [0.25, 0.3) is 0 Å². The van der Waals surface area contributed by atoms with E-state index in [9.17, 15) is 19.8 Å². The van der Waals surface area contributed by atoms with Crippen molar-refractivity contribution in [2.75, 3.05) is 0 Å². The van der Waals surface area contributed by atoms with E-state index in [0.29, 0.717) is 14.5 Å². The van der Waals surface area contributed by atoms with Crippen LogP contribution in [0.5, 0.6) is 0 Å². The average Bonchev–Trinajstić information content (AvgIpc) is 2.89. The molecule has 2 aromatic carbocycles. The van der Waals surface area contributed by atoms with E-state index in [1.165, 1.54) is 0 Å². The van der Waals surface area contributed by atoms with E-state index in [1.54, 1.807) is 57.2 Å². The van der Waals surface area contributed by atoms with Gasteiger partial charge in [-0.05, 0) is 45.0 Å². The van der Waals surface area contributed by atoms with Crippen molar-refractivity contribution in [2.45, 2.75) is 38.1 Å². The molecule has 2 N–H and O–H groups in total. The predicted octanol–water partition coefficient (Wildman–Crippen LogP) is 4.13. The molecule has 3 atom stereocenters. The summed E-state index contributed by atoms with van der Waals surface area (Å²) >= 11 is 6.70. The molecular formula is C21H18Br2O5. The molecule has 7 heteroatoms. The van der Waals surface area contributed by atoms with Crippen molar-refractivity contribution in [3.8, 4) is 0 Å². The first-order valence-electron chi connectivity index (χ1n) is 8.73. The Balaban J connectivity index is 2.00. The fourth-order valence-corrected chi connectivity index (χ4v) is 4.74. The highest BCUT2D eigenvalue weighted by atomic mass is 79.9. The van der Waals surface area contributed by atoms with Crippen molar-refractivity contribution in [1.29, 1.82) is 0 Å². The van der Waals surface area contributed by atoms with Crippen LogP contribution in [-0.4, -0.2) is 22.0 Å². The number of benzene rings is 2. The average molecular weight is 510 g/mol. The molecule has 0 saturated carbocycles. The zero-order valence-electron chi connectivity index (χ0n) is 15.4. The molecule has 2 aromatic rings. The van der Waals surface area contributed by atoms with Gasteiger partial charge >= 0.3 is 5.97 Å². The second-order valence-corrected chi connectivity index (χ2v) is 10.1. The molecule has 4 rings (SSSR count). The van der Waals surface area contributed by atoms with Crippen LogP contribution in [0.1, 0.15) is 53.9 Å². The fraction of sp³-hybridized carbons (Fsp3) is 0.333. The molecule has 0 radical (unpaired) electrons. The zero-order chi connectivity index (χ0) is 20.6. The maximum Gasteiger partial charge on any atom is 0.311 e. The van der Waals surface area contributed by atoms with E-state index in [-0.39, 0.29) is 16.7 Å². The Kier molecular flexibility index (Phi) is 4.22. The Labute approximate surface area is 179 Å². The summed E-state index contributed by atoms with van der Waals surface area (Å²) in [6.45, 7) is 5.10. The minimum atomic E-state index is -2.24. The highest BCUT2D eigenvalue weighted by Gasteiger charge is 2.73. The van der Waals surface area contributed by atoms with Crippen molar-refractivity contribution >= 4 is 43.6 Å². The van der Waals surface area contributed by atoms with Crippen LogP contribution >= 0.6 is 31.9 Å². The number of fused-ring (bicyclic) bond motifs is 5. The molecule has 0 aromatic heterocycles. The highest BCUT2D eigenvalue weighted by Crippen LogP contribution is 2.63. The Morgan fingerprint density at radius 2 is 1.61 bits per heavy atom. The van der Waals surface area contributed by atoms with E-state index >= 15 is 0 Å².